The number of imide groups is 2. The number of aromatic nitrogens is 1. The molecule has 298 valence electrons. The second-order valence-electron chi connectivity index (χ2n) is 15.0. The van der Waals surface area contributed by atoms with Crippen LogP contribution < -0.4 is 14.5 Å². The van der Waals surface area contributed by atoms with Crippen molar-refractivity contribution < 1.29 is 55.4 Å². The molecule has 2 saturated heterocycles. The fourth-order valence-electron chi connectivity index (χ4n) is 9.38. The van der Waals surface area contributed by atoms with Crippen molar-refractivity contribution in [3.63, 3.8) is 0 Å². The summed E-state index contributed by atoms with van der Waals surface area (Å²) in [5.41, 5.74) is 0.915. The van der Waals surface area contributed by atoms with Crippen LogP contribution in [0.1, 0.15) is 18.4 Å². The molecule has 3 fully saturated rings. The average molecular weight is 849 g/mol. The largest absolute Gasteiger partial charge is 0.508 e. The van der Waals surface area contributed by atoms with Gasteiger partial charge in [0.2, 0.25) is 23.5 Å². The number of oxazole rings is 1. The summed E-state index contributed by atoms with van der Waals surface area (Å²) in [6, 6.07) is 17.7. The summed E-state index contributed by atoms with van der Waals surface area (Å²) in [6.07, 6.45) is 2.02. The quantitative estimate of drug-likeness (QED) is 0.0481. The number of phenolic OH excluding ortho intramolecular Hbond substituents is 1. The molecular weight excluding hydrogens is 824 g/mol. The van der Waals surface area contributed by atoms with E-state index < -0.39 is 98.2 Å². The number of benzene rings is 4. The van der Waals surface area contributed by atoms with E-state index in [1.165, 1.54) is 24.5 Å². The average Bonchev–Trinajstić information content (AvgIpc) is 3.82. The third kappa shape index (κ3) is 4.94. The molecule has 0 spiro atoms. The molecule has 1 N–H and O–H groups in total. The maximum absolute atomic E-state index is 15.4. The topological polar surface area (TPSA) is 130 Å². The van der Waals surface area contributed by atoms with Gasteiger partial charge in [0.15, 0.2) is 38.6 Å². The first-order valence-corrected chi connectivity index (χ1v) is 18.9. The van der Waals surface area contributed by atoms with E-state index in [1.807, 2.05) is 6.07 Å². The van der Waals surface area contributed by atoms with E-state index in [2.05, 4.69) is 4.98 Å². The van der Waals surface area contributed by atoms with Crippen LogP contribution in [0.3, 0.4) is 0 Å². The Labute approximate surface area is 339 Å². The first-order valence-electron chi connectivity index (χ1n) is 18.1. The maximum Gasteiger partial charge on any atom is 0.258 e. The third-order valence-electron chi connectivity index (χ3n) is 12.0. The van der Waals surface area contributed by atoms with Gasteiger partial charge in [-0.1, -0.05) is 23.8 Å². The summed E-state index contributed by atoms with van der Waals surface area (Å²) in [7, 11) is 0. The molecule has 4 aromatic carbocycles. The van der Waals surface area contributed by atoms with Crippen LogP contribution in [0.4, 0.5) is 33.3 Å². The molecule has 1 saturated carbocycles. The molecular formula is C42H24Cl2F5N3O7. The van der Waals surface area contributed by atoms with Crippen molar-refractivity contribution in [2.75, 3.05) is 9.80 Å². The Hall–Kier alpha value is -6.06. The zero-order valence-corrected chi connectivity index (χ0v) is 31.3. The summed E-state index contributed by atoms with van der Waals surface area (Å²) in [5.74, 6) is -21.1. The van der Waals surface area contributed by atoms with Crippen LogP contribution in [0.2, 0.25) is 0 Å². The van der Waals surface area contributed by atoms with Gasteiger partial charge in [0, 0.05) is 23.5 Å². The number of amides is 4. The van der Waals surface area contributed by atoms with Gasteiger partial charge in [-0.05, 0) is 78.9 Å². The molecule has 0 bridgehead atoms. The Balaban J connectivity index is 1.07. The Bertz CT molecular complexity index is 2770. The van der Waals surface area contributed by atoms with Crippen LogP contribution in [-0.4, -0.2) is 43.5 Å². The van der Waals surface area contributed by atoms with Gasteiger partial charge in [-0.15, -0.1) is 23.2 Å². The molecule has 0 unspecified atom stereocenters. The van der Waals surface area contributed by atoms with Gasteiger partial charge in [-0.2, -0.15) is 0 Å². The number of phenols is 1. The summed E-state index contributed by atoms with van der Waals surface area (Å²) in [5, 5.41) is 10.3. The van der Waals surface area contributed by atoms with E-state index in [4.69, 9.17) is 32.4 Å². The lowest BCUT2D eigenvalue weighted by Gasteiger charge is -2.51. The van der Waals surface area contributed by atoms with Crippen molar-refractivity contribution in [1.29, 1.82) is 0 Å². The van der Waals surface area contributed by atoms with Gasteiger partial charge in [-0.25, -0.2) is 31.8 Å². The number of hydrogen-bond acceptors (Lipinski definition) is 8. The monoisotopic (exact) mass is 847 g/mol. The second-order valence-corrected chi connectivity index (χ2v) is 16.3. The Morgan fingerprint density at radius 3 is 2.20 bits per heavy atom. The second kappa shape index (κ2) is 12.7. The van der Waals surface area contributed by atoms with E-state index in [9.17, 15) is 37.5 Å². The summed E-state index contributed by atoms with van der Waals surface area (Å²) in [4.78, 5) is 57.7. The highest BCUT2D eigenvalue weighted by Crippen LogP contribution is 2.65. The van der Waals surface area contributed by atoms with E-state index in [0.717, 1.165) is 4.90 Å². The van der Waals surface area contributed by atoms with Crippen molar-refractivity contribution in [2.24, 2.45) is 23.7 Å². The summed E-state index contributed by atoms with van der Waals surface area (Å²) >= 11 is 14.5. The van der Waals surface area contributed by atoms with E-state index >= 15 is 8.78 Å². The minimum absolute atomic E-state index is 0.0493. The summed E-state index contributed by atoms with van der Waals surface area (Å²) < 4.78 is 85.9. The molecule has 17 heteroatoms. The van der Waals surface area contributed by atoms with Crippen LogP contribution in [0.25, 0.3) is 22.6 Å². The van der Waals surface area contributed by atoms with E-state index in [0.29, 0.717) is 33.9 Å². The number of ether oxygens (including phenoxy) is 1. The molecule has 0 radical (unpaired) electrons. The smallest absolute Gasteiger partial charge is 0.258 e. The number of allylic oxidation sites excluding steroid dienone is 3. The summed E-state index contributed by atoms with van der Waals surface area (Å²) in [6.45, 7) is 0. The van der Waals surface area contributed by atoms with Crippen LogP contribution in [0.15, 0.2) is 94.6 Å². The highest BCUT2D eigenvalue weighted by Gasteiger charge is 2.77. The number of halogens is 7. The van der Waals surface area contributed by atoms with Crippen molar-refractivity contribution in [3.05, 3.63) is 125 Å². The van der Waals surface area contributed by atoms with E-state index in [-0.39, 0.29) is 40.3 Å². The highest BCUT2D eigenvalue weighted by molar-refractivity contribution is 6.58. The SMILES string of the molecule is O=C1[C@H]2[C@H](CC=C3[C@H](C4=COc5ccc(O)cc5C4)[C@]4(Cl)C(=O)N(c5c(F)c(F)c(F)c(F)c5F)C(=O)[C@]4(Cl)C[C@H]32)C(=O)N1c1ccc(-c2nc3ccccc3o2)cc1. The van der Waals surface area contributed by atoms with Crippen LogP contribution in [-0.2, 0) is 25.6 Å². The van der Waals surface area contributed by atoms with Crippen LogP contribution in [0.5, 0.6) is 11.5 Å². The Morgan fingerprint density at radius 2 is 1.49 bits per heavy atom. The van der Waals surface area contributed by atoms with Gasteiger partial charge in [-0.3, -0.25) is 24.1 Å². The molecule has 5 aliphatic rings. The molecule has 4 heterocycles. The van der Waals surface area contributed by atoms with Crippen LogP contribution in [0, 0.1) is 52.8 Å². The number of para-hydroxylation sites is 2. The number of rotatable bonds is 4. The highest BCUT2D eigenvalue weighted by atomic mass is 35.5. The van der Waals surface area contributed by atoms with Gasteiger partial charge < -0.3 is 14.3 Å². The number of fused-ring (bicyclic) bond motifs is 6. The van der Waals surface area contributed by atoms with Gasteiger partial charge in [0.1, 0.15) is 22.7 Å². The fourth-order valence-corrected chi connectivity index (χ4v) is 10.3. The standard InChI is InChI=1S/C42H24Cl2F5N3O7/c43-41-15-24-22(10-11-23-28(24)38(55)51(37(23)54)20-7-5-17(6-8-20)36-50-25-3-1-2-4-27(25)59-36)29(19-13-18-14-21(53)9-12-26(18)58-16-19)42(41,44)40(57)52(39(41)56)35-33(48)31(46)30(45)32(47)34(35)49/h1-10,12,14,16,23-24,28-29,53H,11,13,15H2/t23-,24+,28-,29-,41+,42-/m0/s1. The van der Waals surface area contributed by atoms with Gasteiger partial charge in [0.05, 0.1) is 23.8 Å². The number of carbonyl (C=O) groups is 4. The number of anilines is 2. The van der Waals surface area contributed by atoms with E-state index in [1.54, 1.807) is 48.5 Å². The Morgan fingerprint density at radius 1 is 0.797 bits per heavy atom. The first-order chi connectivity index (χ1) is 28.1. The fraction of sp³-hybridized carbons (Fsp3) is 0.214. The maximum atomic E-state index is 15.4. The lowest BCUT2D eigenvalue weighted by atomic mass is 9.56. The number of aromatic hydroxyl groups is 1. The lowest BCUT2D eigenvalue weighted by Crippen LogP contribution is -2.61. The van der Waals surface area contributed by atoms with Crippen molar-refractivity contribution >= 4 is 69.3 Å². The van der Waals surface area contributed by atoms with Crippen molar-refractivity contribution in [2.45, 2.75) is 29.0 Å². The molecule has 4 amide bonds. The minimum atomic E-state index is -2.71. The molecule has 1 aromatic heterocycles. The zero-order chi connectivity index (χ0) is 41.4. The third-order valence-corrected chi connectivity index (χ3v) is 13.4. The molecule has 59 heavy (non-hydrogen) atoms. The number of hydrogen-bond donors (Lipinski definition) is 1. The molecule has 5 aromatic rings. The van der Waals surface area contributed by atoms with Gasteiger partial charge >= 0.3 is 0 Å². The molecule has 10 rings (SSSR count). The normalized spacial score (nSPS) is 27.3. The molecule has 3 aliphatic heterocycles. The number of nitrogens with zero attached hydrogens (tertiary/aromatic N) is 3. The van der Waals surface area contributed by atoms with Crippen molar-refractivity contribution in [3.8, 4) is 23.0 Å². The Kier molecular flexibility index (Phi) is 8.02. The predicted molar refractivity (Wildman–Crippen MR) is 200 cm³/mol. The predicted octanol–water partition coefficient (Wildman–Crippen LogP) is 8.02. The van der Waals surface area contributed by atoms with Gasteiger partial charge in [0.25, 0.3) is 11.8 Å². The number of carbonyl (C=O) groups excluding carboxylic acids is 4. The minimum Gasteiger partial charge on any atom is -0.508 e. The van der Waals surface area contributed by atoms with Crippen LogP contribution >= 0.6 is 23.2 Å². The van der Waals surface area contributed by atoms with Crippen molar-refractivity contribution in [1.82, 2.24) is 4.98 Å². The molecule has 2 aliphatic carbocycles. The zero-order valence-electron chi connectivity index (χ0n) is 29.8. The molecule has 6 atom stereocenters. The lowest BCUT2D eigenvalue weighted by molar-refractivity contribution is -0.125. The number of alkyl halides is 2. The first kappa shape index (κ1) is 37.2. The molecule has 10 nitrogen and oxygen atoms in total.